The van der Waals surface area contributed by atoms with Gasteiger partial charge in [0.2, 0.25) is 0 Å². The summed E-state index contributed by atoms with van der Waals surface area (Å²) in [5.41, 5.74) is -0.862. The SMILES string of the molecule is [2H]C1CC(C)(C)N([O])C1(C)C. The molecule has 1 heterocycles. The second kappa shape index (κ2) is 1.95. The Kier molecular flexibility index (Phi) is 1.29. The first-order valence-electron chi connectivity index (χ1n) is 4.26. The maximum absolute atomic E-state index is 11.6. The summed E-state index contributed by atoms with van der Waals surface area (Å²) in [5.74, 6) is 0. The van der Waals surface area contributed by atoms with Gasteiger partial charge in [-0.3, -0.25) is 0 Å². The van der Waals surface area contributed by atoms with Gasteiger partial charge < -0.3 is 0 Å². The number of hydrogen-bond donors (Lipinski definition) is 0. The molecule has 1 aliphatic heterocycles. The summed E-state index contributed by atoms with van der Waals surface area (Å²) in [6.45, 7) is 7.48. The third-order valence-electron chi connectivity index (χ3n) is 2.17. The Labute approximate surface area is 64.2 Å². The van der Waals surface area contributed by atoms with Gasteiger partial charge in [-0.2, -0.15) is 0 Å². The number of nitrogens with zero attached hydrogens (tertiary/aromatic N) is 1. The van der Waals surface area contributed by atoms with Gasteiger partial charge in [0.1, 0.15) is 0 Å². The van der Waals surface area contributed by atoms with Crippen molar-refractivity contribution in [3.8, 4) is 0 Å². The predicted molar refractivity (Wildman–Crippen MR) is 39.9 cm³/mol. The van der Waals surface area contributed by atoms with Crippen LogP contribution in [0, 0.1) is 0 Å². The van der Waals surface area contributed by atoms with Crippen molar-refractivity contribution in [1.29, 1.82) is 0 Å². The van der Waals surface area contributed by atoms with Gasteiger partial charge in [0.05, 0.1) is 0 Å². The van der Waals surface area contributed by atoms with Gasteiger partial charge in [-0.1, -0.05) is 0 Å². The lowest BCUT2D eigenvalue weighted by molar-refractivity contribution is -0.244. The first kappa shape index (κ1) is 6.62. The van der Waals surface area contributed by atoms with Gasteiger partial charge in [-0.15, -0.1) is 10.3 Å². The second-order valence-corrected chi connectivity index (χ2v) is 4.17. The summed E-state index contributed by atoms with van der Waals surface area (Å²) in [7, 11) is 0. The van der Waals surface area contributed by atoms with Crippen LogP contribution in [-0.2, 0) is 5.21 Å². The van der Waals surface area contributed by atoms with Crippen molar-refractivity contribution in [3.63, 3.8) is 0 Å². The fraction of sp³-hybridized carbons (Fsp3) is 1.00. The molecule has 0 bridgehead atoms. The van der Waals surface area contributed by atoms with Crippen LogP contribution in [0.3, 0.4) is 0 Å². The van der Waals surface area contributed by atoms with Gasteiger partial charge >= 0.3 is 0 Å². The van der Waals surface area contributed by atoms with Gasteiger partial charge in [-0.25, -0.2) is 0 Å². The monoisotopic (exact) mass is 143 g/mol. The molecule has 0 aromatic rings. The molecule has 0 aliphatic carbocycles. The Morgan fingerprint density at radius 1 is 1.30 bits per heavy atom. The molecule has 0 aromatic heterocycles. The van der Waals surface area contributed by atoms with Crippen molar-refractivity contribution in [2.24, 2.45) is 0 Å². The Hall–Kier alpha value is -0.0800. The molecule has 1 atom stereocenters. The lowest BCUT2D eigenvalue weighted by Crippen LogP contribution is -2.44. The van der Waals surface area contributed by atoms with Crippen LogP contribution < -0.4 is 0 Å². The summed E-state index contributed by atoms with van der Waals surface area (Å²) in [4.78, 5) is 0. The molecular formula is C8H16NO. The van der Waals surface area contributed by atoms with Crippen LogP contribution in [0.2, 0.25) is 0 Å². The molecule has 0 saturated carbocycles. The van der Waals surface area contributed by atoms with Crippen LogP contribution in [-0.4, -0.2) is 16.1 Å². The van der Waals surface area contributed by atoms with Gasteiger partial charge in [0, 0.05) is 12.4 Å². The summed E-state index contributed by atoms with van der Waals surface area (Å²) in [6, 6.07) is 0. The summed E-state index contributed by atoms with van der Waals surface area (Å²) >= 11 is 0. The van der Waals surface area contributed by atoms with Gasteiger partial charge in [0.25, 0.3) is 0 Å². The van der Waals surface area contributed by atoms with Gasteiger partial charge in [0.15, 0.2) is 0 Å². The Morgan fingerprint density at radius 3 is 1.90 bits per heavy atom. The zero-order valence-corrected chi connectivity index (χ0v) is 7.14. The molecule has 2 heteroatoms. The normalized spacial score (nSPS) is 39.7. The topological polar surface area (TPSA) is 23.1 Å². The second-order valence-electron chi connectivity index (χ2n) is 4.17. The van der Waals surface area contributed by atoms with Crippen LogP contribution in [0.15, 0.2) is 0 Å². The van der Waals surface area contributed by atoms with Crippen molar-refractivity contribution in [2.45, 2.75) is 51.6 Å². The number of hydrogen-bond acceptors (Lipinski definition) is 1. The van der Waals surface area contributed by atoms with E-state index < -0.39 is 5.54 Å². The smallest absolute Gasteiger partial charge is 0.0444 e. The molecule has 1 unspecified atom stereocenters. The molecule has 0 spiro atoms. The van der Waals surface area contributed by atoms with Crippen molar-refractivity contribution in [1.82, 2.24) is 5.06 Å². The van der Waals surface area contributed by atoms with Crippen molar-refractivity contribution in [2.75, 3.05) is 0 Å². The Balaban J connectivity index is 2.89. The maximum Gasteiger partial charge on any atom is 0.0444 e. The first-order chi connectivity index (χ1) is 4.78. The van der Waals surface area contributed by atoms with E-state index in [0.717, 1.165) is 5.06 Å². The zero-order valence-electron chi connectivity index (χ0n) is 8.14. The standard InChI is InChI=1S/C8H16NO/c1-7(2)5-6-8(3,4)9(7)10/h5-6H2,1-4H3/i5D. The van der Waals surface area contributed by atoms with E-state index in [1.165, 1.54) is 0 Å². The van der Waals surface area contributed by atoms with E-state index >= 15 is 0 Å². The molecule has 0 aromatic carbocycles. The molecule has 10 heavy (non-hydrogen) atoms. The summed E-state index contributed by atoms with van der Waals surface area (Å²) in [5, 5.41) is 12.6. The van der Waals surface area contributed by atoms with E-state index in [2.05, 4.69) is 0 Å². The summed E-state index contributed by atoms with van der Waals surface area (Å²) < 4.78 is 7.68. The average molecular weight is 143 g/mol. The van der Waals surface area contributed by atoms with Crippen LogP contribution in [0.1, 0.15) is 41.9 Å². The van der Waals surface area contributed by atoms with E-state index in [1.54, 1.807) is 0 Å². The lowest BCUT2D eigenvalue weighted by atomic mass is 10.0. The fourth-order valence-electron chi connectivity index (χ4n) is 1.45. The van der Waals surface area contributed by atoms with E-state index in [9.17, 15) is 5.21 Å². The molecule has 1 aliphatic rings. The molecular weight excluding hydrogens is 126 g/mol. The largest absolute Gasteiger partial charge is 0.144 e. The molecule has 0 N–H and O–H groups in total. The molecule has 1 fully saturated rings. The zero-order chi connectivity index (χ0) is 8.86. The van der Waals surface area contributed by atoms with E-state index in [1.807, 2.05) is 27.7 Å². The lowest BCUT2D eigenvalue weighted by Gasteiger charge is -2.31. The van der Waals surface area contributed by atoms with E-state index in [0.29, 0.717) is 6.42 Å². The minimum absolute atomic E-state index is 0.255. The van der Waals surface area contributed by atoms with E-state index in [4.69, 9.17) is 1.37 Å². The van der Waals surface area contributed by atoms with Crippen molar-refractivity contribution < 1.29 is 6.58 Å². The first-order valence-corrected chi connectivity index (χ1v) is 3.68. The highest BCUT2D eigenvalue weighted by Crippen LogP contribution is 2.38. The molecule has 2 nitrogen and oxygen atoms in total. The highest BCUT2D eigenvalue weighted by Gasteiger charge is 2.45. The molecule has 0 amide bonds. The molecule has 1 saturated heterocycles. The number of hydroxylamine groups is 2. The highest BCUT2D eigenvalue weighted by atomic mass is 16.5. The minimum Gasteiger partial charge on any atom is -0.144 e. The minimum atomic E-state index is -0.510. The third kappa shape index (κ3) is 1.06. The Bertz CT molecular complexity index is 167. The average Bonchev–Trinajstić information content (AvgIpc) is 1.94. The van der Waals surface area contributed by atoms with Crippen molar-refractivity contribution in [3.05, 3.63) is 0 Å². The molecule has 59 valence electrons. The Morgan fingerprint density at radius 2 is 1.80 bits per heavy atom. The predicted octanol–water partition coefficient (Wildman–Crippen LogP) is 1.98. The van der Waals surface area contributed by atoms with E-state index in [-0.39, 0.29) is 11.9 Å². The third-order valence-corrected chi connectivity index (χ3v) is 2.17. The van der Waals surface area contributed by atoms with Crippen LogP contribution in [0.25, 0.3) is 0 Å². The van der Waals surface area contributed by atoms with Crippen LogP contribution >= 0.6 is 0 Å². The molecule has 1 radical (unpaired) electrons. The van der Waals surface area contributed by atoms with Crippen LogP contribution in [0.5, 0.6) is 0 Å². The van der Waals surface area contributed by atoms with Crippen molar-refractivity contribution >= 4 is 0 Å². The van der Waals surface area contributed by atoms with Gasteiger partial charge in [-0.05, 0) is 40.5 Å². The maximum atomic E-state index is 11.6. The summed E-state index contributed by atoms with van der Waals surface area (Å²) in [6.07, 6.45) is 0.416. The molecule has 1 rings (SSSR count). The van der Waals surface area contributed by atoms with Crippen LogP contribution in [0.4, 0.5) is 0 Å². The highest BCUT2D eigenvalue weighted by molar-refractivity contribution is 4.95. The fourth-order valence-corrected chi connectivity index (χ4v) is 1.45. The number of rotatable bonds is 0. The quantitative estimate of drug-likeness (QED) is 0.508.